The second kappa shape index (κ2) is 18.5. The summed E-state index contributed by atoms with van der Waals surface area (Å²) in [4.78, 5) is 68.7. The Hall–Kier alpha value is -4.50. The van der Waals surface area contributed by atoms with Crippen LogP contribution in [-0.2, 0) is 55.1 Å². The number of imidazole rings is 2. The maximum absolute atomic E-state index is 13.0. The van der Waals surface area contributed by atoms with Crippen LogP contribution < -0.4 is 11.5 Å². The molecule has 32 nitrogen and oxygen atoms in total. The number of carbonyl (C=O) groups excluding carboxylic acids is 1. The number of hydrogen-bond donors (Lipinski definition) is 11. The highest BCUT2D eigenvalue weighted by Gasteiger charge is 2.50. The van der Waals surface area contributed by atoms with Crippen LogP contribution in [0, 0.1) is 0 Å². The third kappa shape index (κ3) is 9.75. The molecule has 4 aromatic heterocycles. The summed E-state index contributed by atoms with van der Waals surface area (Å²) in [5, 5.41) is 63.8. The van der Waals surface area contributed by atoms with E-state index in [0.717, 1.165) is 23.8 Å². The van der Waals surface area contributed by atoms with Gasteiger partial charge in [-0.1, -0.05) is 6.08 Å². The van der Waals surface area contributed by atoms with E-state index < -0.39 is 128 Å². The van der Waals surface area contributed by atoms with E-state index in [1.807, 2.05) is 0 Å². The van der Waals surface area contributed by atoms with Crippen molar-refractivity contribution in [1.82, 2.24) is 43.9 Å². The first kappa shape index (κ1) is 48.0. The lowest BCUT2D eigenvalue weighted by Crippen LogP contribution is -2.42. The van der Waals surface area contributed by atoms with Crippen molar-refractivity contribution in [2.45, 2.75) is 73.6 Å². The number of rotatable bonds is 16. The summed E-state index contributed by atoms with van der Waals surface area (Å²) >= 11 is 0. The standard InChI is InChI=1S/C31H40N11O21P3/c32-24-16-26(36-8-34-24)41(10-38-16)29-22(47)19(44)14(60-29)5-56-64(50,51)62-31(49)12-2-1-3-40(4-12)28-21(46)18(43)13(59-28)6-57-65(52,53)63-66(54,55)58-7-15-20(45)23(48)30(61-15)42-11-39-17-25(33)35-9-37-27(17)42/h1-2,4,8-11,13-15,18-23,28-30,43-48H,3,5-7H2,(H,50,51)(H,52,53)(H,54,55)(H2,32,34,36)(H2,33,35,37)/t13-,14-,15-,18-,19-,20-,21-,22-,23-,28-,29-,30-/m1/s1. The molecule has 0 aromatic carbocycles. The zero-order valence-electron chi connectivity index (χ0n) is 33.2. The number of phosphoric acid groups is 3. The summed E-state index contributed by atoms with van der Waals surface area (Å²) in [5.74, 6) is -1.37. The first-order valence-corrected chi connectivity index (χ1v) is 23.5. The van der Waals surface area contributed by atoms with Gasteiger partial charge in [-0.25, -0.2) is 48.4 Å². The fraction of sp³-hybridized carbons (Fsp3) is 0.516. The summed E-state index contributed by atoms with van der Waals surface area (Å²) in [6.45, 7) is -2.96. The van der Waals surface area contributed by atoms with E-state index in [4.69, 9.17) is 39.2 Å². The van der Waals surface area contributed by atoms with Gasteiger partial charge in [-0.05, 0) is 6.08 Å². The van der Waals surface area contributed by atoms with Gasteiger partial charge in [-0.2, -0.15) is 4.31 Å². The molecule has 4 aliphatic heterocycles. The lowest BCUT2D eigenvalue weighted by atomic mass is 10.1. The van der Waals surface area contributed by atoms with Gasteiger partial charge < -0.3 is 75.5 Å². The molecule has 0 saturated carbocycles. The molecule has 0 aliphatic carbocycles. The quantitative estimate of drug-likeness (QED) is 0.0479. The van der Waals surface area contributed by atoms with E-state index in [9.17, 15) is 63.8 Å². The van der Waals surface area contributed by atoms with E-state index in [-0.39, 0.29) is 40.5 Å². The Bertz CT molecular complexity index is 2670. The van der Waals surface area contributed by atoms with Crippen LogP contribution in [0.4, 0.5) is 11.6 Å². The zero-order valence-corrected chi connectivity index (χ0v) is 35.9. The van der Waals surface area contributed by atoms with Gasteiger partial charge in [0.15, 0.2) is 41.6 Å². The third-order valence-electron chi connectivity index (χ3n) is 10.4. The Balaban J connectivity index is 0.809. The second-order valence-electron chi connectivity index (χ2n) is 14.7. The number of nitrogen functional groups attached to an aromatic ring is 2. The molecule has 0 radical (unpaired) electrons. The first-order valence-electron chi connectivity index (χ1n) is 19.1. The van der Waals surface area contributed by atoms with Crippen LogP contribution in [0.15, 0.2) is 49.2 Å². The average Bonchev–Trinajstić information content (AvgIpc) is 4.07. The molecule has 3 saturated heterocycles. The van der Waals surface area contributed by atoms with E-state index in [2.05, 4.69) is 38.7 Å². The molecule has 8 heterocycles. The monoisotopic (exact) mass is 995 g/mol. The fourth-order valence-electron chi connectivity index (χ4n) is 7.18. The molecule has 0 amide bonds. The minimum absolute atomic E-state index is 0.0162. The number of carbonyl (C=O) groups is 1. The van der Waals surface area contributed by atoms with Gasteiger partial charge in [0.25, 0.3) is 0 Å². The first-order chi connectivity index (χ1) is 31.1. The van der Waals surface area contributed by atoms with Crippen molar-refractivity contribution >= 4 is 63.4 Å². The molecule has 66 heavy (non-hydrogen) atoms. The lowest BCUT2D eigenvalue weighted by Gasteiger charge is -2.30. The number of ether oxygens (including phenoxy) is 3. The van der Waals surface area contributed by atoms with Crippen LogP contribution in [0.2, 0.25) is 0 Å². The molecular weight excluding hydrogens is 955 g/mol. The summed E-state index contributed by atoms with van der Waals surface area (Å²) in [6, 6.07) is 0. The number of phosphoric ester groups is 3. The van der Waals surface area contributed by atoms with Gasteiger partial charge in [0.1, 0.15) is 78.6 Å². The zero-order chi connectivity index (χ0) is 47.5. The van der Waals surface area contributed by atoms with Gasteiger partial charge in [-0.15, -0.1) is 0 Å². The van der Waals surface area contributed by atoms with Crippen molar-refractivity contribution < 1.29 is 100 Å². The highest BCUT2D eigenvalue weighted by molar-refractivity contribution is 7.61. The summed E-state index contributed by atoms with van der Waals surface area (Å²) < 4.78 is 80.8. The molecule has 4 aliphatic rings. The Labute approximate surface area is 368 Å². The van der Waals surface area contributed by atoms with Crippen LogP contribution in [0.3, 0.4) is 0 Å². The minimum atomic E-state index is -5.53. The highest BCUT2D eigenvalue weighted by atomic mass is 31.3. The fourth-order valence-corrected chi connectivity index (χ4v) is 9.98. The van der Waals surface area contributed by atoms with E-state index in [1.54, 1.807) is 0 Å². The minimum Gasteiger partial charge on any atom is -0.387 e. The number of nitrogens with two attached hydrogens (primary N) is 2. The number of anilines is 2. The summed E-state index contributed by atoms with van der Waals surface area (Å²) in [7, 11) is -16.3. The largest absolute Gasteiger partial charge is 0.529 e. The van der Waals surface area contributed by atoms with Gasteiger partial charge in [0.2, 0.25) is 0 Å². The molecule has 0 bridgehead atoms. The number of aromatic nitrogens is 8. The SMILES string of the molecule is Nc1ncnc2c1ncn2[C@@H]1O[C@H](COP(=O)(O)OC(=O)C2=CN([C@@H]3O[C@H](COP(=O)(O)OP(=O)(O)OC[C@H]4O[C@@H](n5cnc6c(N)ncnc65)[C@H](O)[C@@H]4O)[C@@H](O)[C@H]3O)CC=C2)[C@@H](O)[C@H]1O. The van der Waals surface area contributed by atoms with Crippen LogP contribution in [-0.4, -0.2) is 183 Å². The number of hydrogen-bond acceptors (Lipinski definition) is 27. The number of nitrogens with zero attached hydrogens (tertiary/aromatic N) is 9. The van der Waals surface area contributed by atoms with E-state index >= 15 is 0 Å². The Morgan fingerprint density at radius 3 is 1.53 bits per heavy atom. The average molecular weight is 996 g/mol. The normalized spacial score (nSPS) is 32.9. The van der Waals surface area contributed by atoms with Gasteiger partial charge >= 0.3 is 29.4 Å². The Morgan fingerprint density at radius 1 is 0.636 bits per heavy atom. The summed E-state index contributed by atoms with van der Waals surface area (Å²) in [6.07, 6.45) is -10.7. The van der Waals surface area contributed by atoms with Crippen molar-refractivity contribution in [2.75, 3.05) is 37.8 Å². The van der Waals surface area contributed by atoms with E-state index in [0.29, 0.717) is 0 Å². The van der Waals surface area contributed by atoms with Crippen LogP contribution >= 0.6 is 23.5 Å². The predicted octanol–water partition coefficient (Wildman–Crippen LogP) is -3.82. The molecule has 8 rings (SSSR count). The molecule has 3 fully saturated rings. The number of fused-ring (bicyclic) bond motifs is 2. The molecule has 4 aromatic rings. The maximum atomic E-state index is 13.0. The predicted molar refractivity (Wildman–Crippen MR) is 210 cm³/mol. The molecule has 35 heteroatoms. The lowest BCUT2D eigenvalue weighted by molar-refractivity contribution is -0.132. The molecule has 13 N–H and O–H groups in total. The van der Waals surface area contributed by atoms with Gasteiger partial charge in [0, 0.05) is 12.7 Å². The topological polar surface area (TPSA) is 467 Å². The van der Waals surface area contributed by atoms with Crippen LogP contribution in [0.5, 0.6) is 0 Å². The van der Waals surface area contributed by atoms with Crippen LogP contribution in [0.1, 0.15) is 12.5 Å². The second-order valence-corrected chi connectivity index (χ2v) is 19.2. The molecule has 360 valence electrons. The number of aliphatic hydroxyl groups is 6. The molecular formula is C31H40N11O21P3. The van der Waals surface area contributed by atoms with Gasteiger partial charge in [-0.3, -0.25) is 27.6 Å². The third-order valence-corrected chi connectivity index (χ3v) is 13.9. The van der Waals surface area contributed by atoms with E-state index in [1.165, 1.54) is 33.9 Å². The van der Waals surface area contributed by atoms with Crippen molar-refractivity contribution in [1.29, 1.82) is 0 Å². The maximum Gasteiger partial charge on any atom is 0.529 e. The van der Waals surface area contributed by atoms with Crippen molar-refractivity contribution in [3.63, 3.8) is 0 Å². The molecule has 3 unspecified atom stereocenters. The van der Waals surface area contributed by atoms with Crippen molar-refractivity contribution in [3.8, 4) is 0 Å². The summed E-state index contributed by atoms with van der Waals surface area (Å²) in [5.41, 5.74) is 11.8. The number of aliphatic hydroxyl groups excluding tert-OH is 6. The smallest absolute Gasteiger partial charge is 0.387 e. The van der Waals surface area contributed by atoms with Crippen molar-refractivity contribution in [3.05, 3.63) is 49.2 Å². The Morgan fingerprint density at radius 2 is 1.06 bits per heavy atom. The van der Waals surface area contributed by atoms with Crippen molar-refractivity contribution in [2.24, 2.45) is 0 Å². The Kier molecular flexibility index (Phi) is 13.5. The highest BCUT2D eigenvalue weighted by Crippen LogP contribution is 2.61. The van der Waals surface area contributed by atoms with Crippen LogP contribution in [0.25, 0.3) is 22.3 Å². The van der Waals surface area contributed by atoms with Gasteiger partial charge in [0.05, 0.1) is 38.0 Å². The molecule has 0 spiro atoms. The molecule has 15 atom stereocenters.